The zero-order valence-electron chi connectivity index (χ0n) is 17.4. The lowest BCUT2D eigenvalue weighted by Crippen LogP contribution is -2.24. The summed E-state index contributed by atoms with van der Waals surface area (Å²) in [6.07, 6.45) is 4.26. The summed E-state index contributed by atoms with van der Waals surface area (Å²) in [4.78, 5) is 16.2. The molecule has 0 spiro atoms. The van der Waals surface area contributed by atoms with E-state index in [2.05, 4.69) is 20.4 Å². The third-order valence-electron chi connectivity index (χ3n) is 5.11. The Kier molecular flexibility index (Phi) is 7.09. The standard InChI is InChI=1S/C22H24ClN5OS2/c1-15(20(29)24-17-10-4-6-12-19(17)30-2)31-22-26-25-21(27-13-7-8-14-27)28(22)18-11-5-3-9-16(18)23/h3-6,9-12,15H,7-8,13-14H2,1-2H3,(H,24,29). The van der Waals surface area contributed by atoms with E-state index in [0.717, 1.165) is 48.1 Å². The van der Waals surface area contributed by atoms with Crippen LogP contribution in [-0.4, -0.2) is 45.3 Å². The number of amides is 1. The fourth-order valence-electron chi connectivity index (χ4n) is 3.50. The Hall–Kier alpha value is -2.16. The summed E-state index contributed by atoms with van der Waals surface area (Å²) in [6, 6.07) is 15.4. The van der Waals surface area contributed by atoms with Gasteiger partial charge in [-0.25, -0.2) is 0 Å². The molecule has 0 radical (unpaired) electrons. The molecule has 2 aromatic carbocycles. The highest BCUT2D eigenvalue weighted by Crippen LogP contribution is 2.34. The number of anilines is 2. The van der Waals surface area contributed by atoms with Gasteiger partial charge >= 0.3 is 0 Å². The molecule has 1 amide bonds. The lowest BCUT2D eigenvalue weighted by atomic mass is 10.3. The first-order chi connectivity index (χ1) is 15.1. The minimum atomic E-state index is -0.369. The van der Waals surface area contributed by atoms with Crippen molar-refractivity contribution < 1.29 is 4.79 Å². The van der Waals surface area contributed by atoms with Crippen LogP contribution in [0.3, 0.4) is 0 Å². The lowest BCUT2D eigenvalue weighted by molar-refractivity contribution is -0.115. The van der Waals surface area contributed by atoms with Crippen molar-refractivity contribution >= 4 is 52.7 Å². The van der Waals surface area contributed by atoms with E-state index in [0.29, 0.717) is 10.2 Å². The topological polar surface area (TPSA) is 63.1 Å². The molecule has 0 aliphatic carbocycles. The van der Waals surface area contributed by atoms with Crippen LogP contribution in [0.4, 0.5) is 11.6 Å². The molecule has 1 aromatic heterocycles. The maximum Gasteiger partial charge on any atom is 0.237 e. The number of hydrogen-bond donors (Lipinski definition) is 1. The minimum absolute atomic E-state index is 0.0806. The number of hydrogen-bond acceptors (Lipinski definition) is 6. The van der Waals surface area contributed by atoms with Gasteiger partial charge in [0.25, 0.3) is 0 Å². The monoisotopic (exact) mass is 473 g/mol. The van der Waals surface area contributed by atoms with Crippen molar-refractivity contribution in [2.75, 3.05) is 29.6 Å². The number of carbonyl (C=O) groups excluding carboxylic acids is 1. The Labute approximate surface area is 195 Å². The Bertz CT molecular complexity index is 1070. The van der Waals surface area contributed by atoms with E-state index < -0.39 is 0 Å². The molecule has 2 heterocycles. The van der Waals surface area contributed by atoms with E-state index in [9.17, 15) is 4.79 Å². The zero-order chi connectivity index (χ0) is 21.8. The zero-order valence-corrected chi connectivity index (χ0v) is 19.8. The van der Waals surface area contributed by atoms with Gasteiger partial charge in [-0.2, -0.15) is 0 Å². The second-order valence-electron chi connectivity index (χ2n) is 7.21. The summed E-state index contributed by atoms with van der Waals surface area (Å²) in [6.45, 7) is 3.76. The molecule has 6 nitrogen and oxygen atoms in total. The third kappa shape index (κ3) is 4.86. The van der Waals surface area contributed by atoms with E-state index in [1.54, 1.807) is 11.8 Å². The maximum absolute atomic E-state index is 12.9. The Morgan fingerprint density at radius 1 is 1.10 bits per heavy atom. The van der Waals surface area contributed by atoms with Gasteiger partial charge in [0, 0.05) is 18.0 Å². The molecule has 1 fully saturated rings. The van der Waals surface area contributed by atoms with Crippen molar-refractivity contribution in [2.24, 2.45) is 0 Å². The second kappa shape index (κ2) is 9.97. The summed E-state index contributed by atoms with van der Waals surface area (Å²) >= 11 is 9.50. The molecule has 0 bridgehead atoms. The van der Waals surface area contributed by atoms with Crippen molar-refractivity contribution in [3.8, 4) is 5.69 Å². The molecule has 9 heteroatoms. The molecule has 1 aliphatic rings. The highest BCUT2D eigenvalue weighted by atomic mass is 35.5. The SMILES string of the molecule is CSc1ccccc1NC(=O)C(C)Sc1nnc(N2CCCC2)n1-c1ccccc1Cl. The number of rotatable bonds is 7. The van der Waals surface area contributed by atoms with Crippen LogP contribution in [0.25, 0.3) is 5.69 Å². The Balaban J connectivity index is 1.60. The van der Waals surface area contributed by atoms with Crippen LogP contribution in [0.15, 0.2) is 58.6 Å². The van der Waals surface area contributed by atoms with Crippen molar-refractivity contribution in [2.45, 2.75) is 35.1 Å². The number of carbonyl (C=O) groups is 1. The average Bonchev–Trinajstić information content (AvgIpc) is 3.44. The van der Waals surface area contributed by atoms with Crippen LogP contribution in [0.1, 0.15) is 19.8 Å². The van der Waals surface area contributed by atoms with Gasteiger partial charge in [-0.15, -0.1) is 22.0 Å². The fraction of sp³-hybridized carbons (Fsp3) is 0.318. The second-order valence-corrected chi connectivity index (χ2v) is 9.78. The van der Waals surface area contributed by atoms with Gasteiger partial charge in [0.05, 0.1) is 21.6 Å². The van der Waals surface area contributed by atoms with Crippen molar-refractivity contribution in [3.63, 3.8) is 0 Å². The van der Waals surface area contributed by atoms with E-state index in [4.69, 9.17) is 11.6 Å². The number of thioether (sulfide) groups is 2. The molecule has 1 aliphatic heterocycles. The summed E-state index contributed by atoms with van der Waals surface area (Å²) < 4.78 is 1.97. The highest BCUT2D eigenvalue weighted by molar-refractivity contribution is 8.00. The first-order valence-corrected chi connectivity index (χ1v) is 12.6. The largest absolute Gasteiger partial charge is 0.341 e. The quantitative estimate of drug-likeness (QED) is 0.466. The normalized spacial score (nSPS) is 14.6. The Morgan fingerprint density at radius 2 is 1.81 bits per heavy atom. The fourth-order valence-corrected chi connectivity index (χ4v) is 5.13. The first-order valence-electron chi connectivity index (χ1n) is 10.1. The number of nitrogens with one attached hydrogen (secondary N) is 1. The van der Waals surface area contributed by atoms with Gasteiger partial charge in [0.2, 0.25) is 11.9 Å². The molecular formula is C22H24ClN5OS2. The van der Waals surface area contributed by atoms with Crippen LogP contribution in [0, 0.1) is 0 Å². The van der Waals surface area contributed by atoms with Crippen LogP contribution in [0.2, 0.25) is 5.02 Å². The molecule has 1 unspecified atom stereocenters. The average molecular weight is 474 g/mol. The molecule has 1 atom stereocenters. The van der Waals surface area contributed by atoms with Crippen LogP contribution in [0.5, 0.6) is 0 Å². The minimum Gasteiger partial charge on any atom is -0.341 e. The van der Waals surface area contributed by atoms with Crippen molar-refractivity contribution in [3.05, 3.63) is 53.6 Å². The molecule has 3 aromatic rings. The van der Waals surface area contributed by atoms with Gasteiger partial charge in [-0.05, 0) is 50.3 Å². The summed E-state index contributed by atoms with van der Waals surface area (Å²) in [5.74, 6) is 0.691. The molecular weight excluding hydrogens is 450 g/mol. The number of benzene rings is 2. The molecule has 162 valence electrons. The van der Waals surface area contributed by atoms with Crippen LogP contribution in [-0.2, 0) is 4.79 Å². The van der Waals surface area contributed by atoms with Gasteiger partial charge in [0.1, 0.15) is 0 Å². The third-order valence-corrected chi connectivity index (χ3v) is 7.27. The molecule has 4 rings (SSSR count). The molecule has 0 saturated carbocycles. The number of halogens is 1. The predicted molar refractivity (Wildman–Crippen MR) is 130 cm³/mol. The number of aromatic nitrogens is 3. The summed E-state index contributed by atoms with van der Waals surface area (Å²) in [5, 5.41) is 12.8. The van der Waals surface area contributed by atoms with Gasteiger partial charge < -0.3 is 10.2 Å². The predicted octanol–water partition coefficient (Wildman–Crippen LogP) is 5.36. The summed E-state index contributed by atoms with van der Waals surface area (Å²) in [5.41, 5.74) is 1.64. The van der Waals surface area contributed by atoms with Crippen LogP contribution >= 0.6 is 35.1 Å². The number of para-hydroxylation sites is 2. The molecule has 1 N–H and O–H groups in total. The van der Waals surface area contributed by atoms with E-state index in [1.165, 1.54) is 11.8 Å². The van der Waals surface area contributed by atoms with E-state index >= 15 is 0 Å². The smallest absolute Gasteiger partial charge is 0.237 e. The first kappa shape index (κ1) is 22.0. The van der Waals surface area contributed by atoms with E-state index in [-0.39, 0.29) is 11.2 Å². The van der Waals surface area contributed by atoms with Gasteiger partial charge in [0.15, 0.2) is 5.16 Å². The van der Waals surface area contributed by atoms with Crippen molar-refractivity contribution in [1.82, 2.24) is 14.8 Å². The summed E-state index contributed by atoms with van der Waals surface area (Å²) in [7, 11) is 0. The van der Waals surface area contributed by atoms with Crippen LogP contribution < -0.4 is 10.2 Å². The highest BCUT2D eigenvalue weighted by Gasteiger charge is 2.26. The lowest BCUT2D eigenvalue weighted by Gasteiger charge is -2.20. The van der Waals surface area contributed by atoms with Gasteiger partial charge in [-0.3, -0.25) is 9.36 Å². The Morgan fingerprint density at radius 3 is 2.55 bits per heavy atom. The maximum atomic E-state index is 12.9. The van der Waals surface area contributed by atoms with Gasteiger partial charge in [-0.1, -0.05) is 47.6 Å². The molecule has 1 saturated heterocycles. The van der Waals surface area contributed by atoms with Crippen molar-refractivity contribution in [1.29, 1.82) is 0 Å². The van der Waals surface area contributed by atoms with E-state index in [1.807, 2.05) is 66.3 Å². The number of nitrogens with zero attached hydrogens (tertiary/aromatic N) is 4. The molecule has 31 heavy (non-hydrogen) atoms.